The van der Waals surface area contributed by atoms with Crippen LogP contribution in [0.15, 0.2) is 12.4 Å². The summed E-state index contributed by atoms with van der Waals surface area (Å²) in [6.07, 6.45) is 6.41. The van der Waals surface area contributed by atoms with E-state index >= 15 is 0 Å². The van der Waals surface area contributed by atoms with Crippen LogP contribution < -0.4 is 5.84 Å². The number of fused-ring (bicyclic) bond motifs is 1. The molecular weight excluding hydrogens is 228 g/mol. The molecule has 3 rings (SSSR count). The third-order valence-electron chi connectivity index (χ3n) is 3.49. The summed E-state index contributed by atoms with van der Waals surface area (Å²) in [6, 6.07) is 2.20. The topological polar surface area (TPSA) is 72.3 Å². The highest BCUT2D eigenvalue weighted by atomic mass is 15.4. The molecule has 0 saturated carbocycles. The van der Waals surface area contributed by atoms with Crippen molar-refractivity contribution in [3.8, 4) is 0 Å². The van der Waals surface area contributed by atoms with Crippen LogP contribution in [0, 0.1) is 6.92 Å². The minimum Gasteiger partial charge on any atom is -0.268 e. The van der Waals surface area contributed by atoms with Crippen LogP contribution >= 0.6 is 0 Å². The molecule has 2 N–H and O–H groups in total. The largest absolute Gasteiger partial charge is 0.268 e. The first-order valence-corrected chi connectivity index (χ1v) is 6.44. The summed E-state index contributed by atoms with van der Waals surface area (Å²) >= 11 is 0. The van der Waals surface area contributed by atoms with Crippen LogP contribution in [-0.4, -0.2) is 31.1 Å². The highest BCUT2D eigenvalue weighted by Crippen LogP contribution is 2.26. The second-order valence-corrected chi connectivity index (χ2v) is 4.88. The maximum atomic E-state index is 6.11. The van der Waals surface area contributed by atoms with Crippen molar-refractivity contribution >= 4 is 5.65 Å². The number of hydrogen-bond acceptors (Lipinski definition) is 5. The van der Waals surface area contributed by atoms with E-state index in [1.807, 2.05) is 18.0 Å². The summed E-state index contributed by atoms with van der Waals surface area (Å²) in [5.41, 5.74) is 1.84. The third-order valence-corrected chi connectivity index (χ3v) is 3.49. The van der Waals surface area contributed by atoms with Gasteiger partial charge in [-0.2, -0.15) is 5.10 Å². The molecule has 3 heterocycles. The van der Waals surface area contributed by atoms with Gasteiger partial charge in [-0.1, -0.05) is 12.8 Å². The van der Waals surface area contributed by atoms with Crippen molar-refractivity contribution in [1.29, 1.82) is 0 Å². The van der Waals surface area contributed by atoms with Gasteiger partial charge in [0.05, 0.1) is 11.7 Å². The van der Waals surface area contributed by atoms with Crippen LogP contribution in [-0.2, 0) is 0 Å². The Morgan fingerprint density at radius 2 is 2.22 bits per heavy atom. The molecule has 2 aromatic rings. The Bertz CT molecular complexity index is 548. The summed E-state index contributed by atoms with van der Waals surface area (Å²) in [6.45, 7) is 2.82. The zero-order valence-electron chi connectivity index (χ0n) is 10.6. The Kier molecular flexibility index (Phi) is 2.97. The van der Waals surface area contributed by atoms with E-state index in [1.54, 1.807) is 10.8 Å². The lowest BCUT2D eigenvalue weighted by Crippen LogP contribution is -2.35. The minimum atomic E-state index is 0.203. The van der Waals surface area contributed by atoms with E-state index in [0.717, 1.165) is 30.1 Å². The molecule has 0 spiro atoms. The first-order chi connectivity index (χ1) is 8.74. The van der Waals surface area contributed by atoms with Gasteiger partial charge in [-0.3, -0.25) is 5.84 Å². The Labute approximate surface area is 106 Å². The van der Waals surface area contributed by atoms with Crippen molar-refractivity contribution in [3.63, 3.8) is 0 Å². The van der Waals surface area contributed by atoms with Crippen LogP contribution in [0.2, 0.25) is 0 Å². The summed E-state index contributed by atoms with van der Waals surface area (Å²) in [5, 5.41) is 6.15. The lowest BCUT2D eigenvalue weighted by Gasteiger charge is -2.24. The first kappa shape index (κ1) is 11.6. The van der Waals surface area contributed by atoms with Gasteiger partial charge >= 0.3 is 0 Å². The summed E-state index contributed by atoms with van der Waals surface area (Å²) in [7, 11) is 0. The molecule has 0 radical (unpaired) electrons. The molecule has 1 saturated heterocycles. The van der Waals surface area contributed by atoms with Gasteiger partial charge in [0, 0.05) is 12.6 Å². The fourth-order valence-electron chi connectivity index (χ4n) is 2.55. The highest BCUT2D eigenvalue weighted by molar-refractivity contribution is 5.38. The van der Waals surface area contributed by atoms with Crippen LogP contribution in [0.4, 0.5) is 0 Å². The van der Waals surface area contributed by atoms with Gasteiger partial charge in [-0.15, -0.1) is 0 Å². The molecule has 96 valence electrons. The molecule has 0 aromatic carbocycles. The number of aromatic nitrogens is 4. The molecule has 6 heteroatoms. The van der Waals surface area contributed by atoms with Gasteiger partial charge < -0.3 is 0 Å². The average Bonchev–Trinajstić information content (AvgIpc) is 2.58. The predicted molar refractivity (Wildman–Crippen MR) is 67.6 cm³/mol. The molecule has 6 nitrogen and oxygen atoms in total. The van der Waals surface area contributed by atoms with Crippen molar-refractivity contribution in [2.75, 3.05) is 6.54 Å². The molecule has 0 aliphatic carbocycles. The van der Waals surface area contributed by atoms with Gasteiger partial charge in [-0.05, 0) is 19.8 Å². The van der Waals surface area contributed by atoms with E-state index in [4.69, 9.17) is 5.84 Å². The van der Waals surface area contributed by atoms with E-state index in [1.165, 1.54) is 19.3 Å². The maximum Gasteiger partial charge on any atom is 0.159 e. The number of hydrazine groups is 1. The van der Waals surface area contributed by atoms with E-state index in [-0.39, 0.29) is 6.04 Å². The molecule has 1 aliphatic heterocycles. The van der Waals surface area contributed by atoms with Crippen LogP contribution in [0.25, 0.3) is 5.65 Å². The first-order valence-electron chi connectivity index (χ1n) is 6.44. The van der Waals surface area contributed by atoms with E-state index in [2.05, 4.69) is 15.1 Å². The zero-order valence-corrected chi connectivity index (χ0v) is 10.6. The van der Waals surface area contributed by atoms with Crippen LogP contribution in [0.5, 0.6) is 0 Å². The Morgan fingerprint density at radius 3 is 3.11 bits per heavy atom. The Morgan fingerprint density at radius 1 is 1.33 bits per heavy atom. The van der Waals surface area contributed by atoms with Gasteiger partial charge in [0.25, 0.3) is 0 Å². The van der Waals surface area contributed by atoms with Crippen LogP contribution in [0.1, 0.15) is 43.2 Å². The SMILES string of the molecule is Cc1nc2cc(C3CCCCCN3N)ncn2n1. The fraction of sp³-hybridized carbons (Fsp3) is 0.583. The second-order valence-electron chi connectivity index (χ2n) is 4.88. The summed E-state index contributed by atoms with van der Waals surface area (Å²) in [4.78, 5) is 8.84. The number of rotatable bonds is 1. The molecule has 1 unspecified atom stereocenters. The highest BCUT2D eigenvalue weighted by Gasteiger charge is 2.21. The van der Waals surface area contributed by atoms with Crippen molar-refractivity contribution in [3.05, 3.63) is 23.9 Å². The third kappa shape index (κ3) is 2.09. The Hall–Kier alpha value is -1.53. The molecule has 1 aliphatic rings. The lowest BCUT2D eigenvalue weighted by molar-refractivity contribution is 0.202. The number of nitrogens with two attached hydrogens (primary N) is 1. The normalized spacial score (nSPS) is 22.2. The Balaban J connectivity index is 1.96. The van der Waals surface area contributed by atoms with Gasteiger partial charge in [-0.25, -0.2) is 19.5 Å². The zero-order chi connectivity index (χ0) is 12.5. The molecule has 18 heavy (non-hydrogen) atoms. The molecule has 1 atom stereocenters. The number of hydrogen-bond donors (Lipinski definition) is 1. The average molecular weight is 246 g/mol. The molecule has 1 fully saturated rings. The van der Waals surface area contributed by atoms with Crippen molar-refractivity contribution in [2.24, 2.45) is 5.84 Å². The van der Waals surface area contributed by atoms with Gasteiger partial charge in [0.1, 0.15) is 12.2 Å². The molecule has 2 aromatic heterocycles. The molecule has 0 amide bonds. The smallest absolute Gasteiger partial charge is 0.159 e. The van der Waals surface area contributed by atoms with Crippen LogP contribution in [0.3, 0.4) is 0 Å². The fourth-order valence-corrected chi connectivity index (χ4v) is 2.55. The maximum absolute atomic E-state index is 6.11. The van der Waals surface area contributed by atoms with E-state index < -0.39 is 0 Å². The standard InChI is InChI=1S/C12H18N6/c1-9-15-12-7-10(14-8-18(12)16-9)11-5-3-2-4-6-17(11)13/h7-8,11H,2-6,13H2,1H3. The quantitative estimate of drug-likeness (QED) is 0.766. The molecule has 0 bridgehead atoms. The monoisotopic (exact) mass is 246 g/mol. The van der Waals surface area contributed by atoms with E-state index in [9.17, 15) is 0 Å². The number of nitrogens with zero attached hydrogens (tertiary/aromatic N) is 5. The predicted octanol–water partition coefficient (Wildman–Crippen LogP) is 1.22. The number of aryl methyl sites for hydroxylation is 1. The summed E-state index contributed by atoms with van der Waals surface area (Å²) in [5.74, 6) is 6.87. The van der Waals surface area contributed by atoms with Crippen molar-refractivity contribution in [1.82, 2.24) is 24.6 Å². The summed E-state index contributed by atoms with van der Waals surface area (Å²) < 4.78 is 1.70. The van der Waals surface area contributed by atoms with Gasteiger partial charge in [0.15, 0.2) is 5.65 Å². The molecular formula is C12H18N6. The van der Waals surface area contributed by atoms with Gasteiger partial charge in [0.2, 0.25) is 0 Å². The van der Waals surface area contributed by atoms with E-state index in [0.29, 0.717) is 0 Å². The van der Waals surface area contributed by atoms with Crippen molar-refractivity contribution < 1.29 is 0 Å². The minimum absolute atomic E-state index is 0.203. The lowest BCUT2D eigenvalue weighted by atomic mass is 10.1. The second kappa shape index (κ2) is 4.62. The van der Waals surface area contributed by atoms with Crippen molar-refractivity contribution in [2.45, 2.75) is 38.6 Å².